The van der Waals surface area contributed by atoms with Crippen LogP contribution in [0.2, 0.25) is 0 Å². The van der Waals surface area contributed by atoms with Gasteiger partial charge in [-0.3, -0.25) is 4.79 Å². The zero-order valence-electron chi connectivity index (χ0n) is 10.2. The summed E-state index contributed by atoms with van der Waals surface area (Å²) in [7, 11) is 0. The first-order chi connectivity index (χ1) is 8.26. The molecule has 0 saturated carbocycles. The lowest BCUT2D eigenvalue weighted by atomic mass is 10.4. The van der Waals surface area contributed by atoms with Crippen LogP contribution in [0.25, 0.3) is 0 Å². The highest BCUT2D eigenvalue weighted by atomic mass is 32.2. The topological polar surface area (TPSA) is 66.9 Å². The summed E-state index contributed by atoms with van der Waals surface area (Å²) in [6.07, 6.45) is 2.56. The minimum atomic E-state index is 0.0270. The number of hydrogen-bond acceptors (Lipinski definition) is 5. The van der Waals surface area contributed by atoms with E-state index in [1.54, 1.807) is 0 Å². The van der Waals surface area contributed by atoms with Crippen molar-refractivity contribution in [2.45, 2.75) is 25.3 Å². The maximum absolute atomic E-state index is 11.3. The van der Waals surface area contributed by atoms with Crippen LogP contribution in [0.3, 0.4) is 0 Å². The number of carbonyl (C=O) groups excluding carboxylic acids is 1. The third-order valence-electron chi connectivity index (χ3n) is 1.92. The van der Waals surface area contributed by atoms with Gasteiger partial charge in [-0.1, -0.05) is 18.7 Å². The molecule has 1 rings (SSSR count). The lowest BCUT2D eigenvalue weighted by Gasteiger charge is -2.05. The Balaban J connectivity index is 2.45. The molecule has 1 heterocycles. The minimum absolute atomic E-state index is 0.0270. The second-order valence-electron chi connectivity index (χ2n) is 3.41. The molecule has 0 aliphatic carbocycles. The van der Waals surface area contributed by atoms with Crippen molar-refractivity contribution in [1.29, 1.82) is 0 Å². The normalized spacial score (nSPS) is 10.0. The number of carbonyl (C=O) groups is 1. The fraction of sp³-hybridized carbons (Fsp3) is 0.545. The number of nitrogens with one attached hydrogen (secondary N) is 2. The molecule has 17 heavy (non-hydrogen) atoms. The number of thioether (sulfide) groups is 1. The first-order valence-corrected chi connectivity index (χ1v) is 6.70. The van der Waals surface area contributed by atoms with E-state index >= 15 is 0 Å². The lowest BCUT2D eigenvalue weighted by Crippen LogP contribution is -2.24. The number of anilines is 1. The molecule has 6 heteroatoms. The van der Waals surface area contributed by atoms with Gasteiger partial charge in [0.05, 0.1) is 5.75 Å². The number of amides is 1. The molecule has 0 aliphatic rings. The smallest absolute Gasteiger partial charge is 0.230 e. The van der Waals surface area contributed by atoms with Gasteiger partial charge in [-0.05, 0) is 13.3 Å². The molecule has 0 radical (unpaired) electrons. The highest BCUT2D eigenvalue weighted by molar-refractivity contribution is 7.99. The maximum Gasteiger partial charge on any atom is 0.230 e. The fourth-order valence-corrected chi connectivity index (χ4v) is 1.85. The zero-order valence-corrected chi connectivity index (χ0v) is 11.0. The van der Waals surface area contributed by atoms with Crippen molar-refractivity contribution >= 4 is 23.5 Å². The van der Waals surface area contributed by atoms with Crippen molar-refractivity contribution in [2.24, 2.45) is 0 Å². The van der Waals surface area contributed by atoms with Crippen LogP contribution in [-0.2, 0) is 4.79 Å². The van der Waals surface area contributed by atoms with Crippen LogP contribution in [0.1, 0.15) is 20.3 Å². The highest BCUT2D eigenvalue weighted by Gasteiger charge is 2.03. The van der Waals surface area contributed by atoms with Gasteiger partial charge >= 0.3 is 0 Å². The molecule has 0 aliphatic heterocycles. The zero-order chi connectivity index (χ0) is 12.5. The lowest BCUT2D eigenvalue weighted by molar-refractivity contribution is -0.118. The molecule has 0 bridgehead atoms. The first kappa shape index (κ1) is 13.8. The van der Waals surface area contributed by atoms with Crippen LogP contribution in [-0.4, -0.2) is 34.7 Å². The molecule has 0 fully saturated rings. The minimum Gasteiger partial charge on any atom is -0.370 e. The molecule has 0 unspecified atom stereocenters. The molecule has 94 valence electrons. The standard InChI is InChI=1S/C11H18N4OS/c1-3-5-13-9-6-11(15-8-14-9)17-7-10(16)12-4-2/h6,8H,3-5,7H2,1-2H3,(H,12,16)(H,13,14,15). The summed E-state index contributed by atoms with van der Waals surface area (Å²) in [6.45, 7) is 5.54. The van der Waals surface area contributed by atoms with Crippen LogP contribution >= 0.6 is 11.8 Å². The predicted octanol–water partition coefficient (Wildman–Crippen LogP) is 1.53. The molecule has 1 aromatic rings. The van der Waals surface area contributed by atoms with Gasteiger partial charge in [-0.25, -0.2) is 9.97 Å². The Labute approximate surface area is 106 Å². The molecular formula is C11H18N4OS. The molecule has 1 aromatic heterocycles. The van der Waals surface area contributed by atoms with E-state index in [2.05, 4.69) is 27.5 Å². The van der Waals surface area contributed by atoms with Crippen molar-refractivity contribution in [3.63, 3.8) is 0 Å². The second-order valence-corrected chi connectivity index (χ2v) is 4.41. The fourth-order valence-electron chi connectivity index (χ4n) is 1.16. The third-order valence-corrected chi connectivity index (χ3v) is 2.85. The quantitative estimate of drug-likeness (QED) is 0.570. The van der Waals surface area contributed by atoms with E-state index in [4.69, 9.17) is 0 Å². The van der Waals surface area contributed by atoms with Crippen LogP contribution in [0, 0.1) is 0 Å². The third kappa shape index (κ3) is 5.53. The van der Waals surface area contributed by atoms with E-state index in [1.807, 2.05) is 13.0 Å². The molecule has 5 nitrogen and oxygen atoms in total. The van der Waals surface area contributed by atoms with Crippen LogP contribution < -0.4 is 10.6 Å². The van der Waals surface area contributed by atoms with E-state index in [1.165, 1.54) is 18.1 Å². The average Bonchev–Trinajstić information content (AvgIpc) is 2.35. The Morgan fingerprint density at radius 3 is 2.94 bits per heavy atom. The van der Waals surface area contributed by atoms with E-state index in [0.29, 0.717) is 12.3 Å². The van der Waals surface area contributed by atoms with E-state index in [9.17, 15) is 4.79 Å². The number of nitrogens with zero attached hydrogens (tertiary/aromatic N) is 2. The second kappa shape index (κ2) is 7.89. The van der Waals surface area contributed by atoms with Gasteiger partial charge < -0.3 is 10.6 Å². The predicted molar refractivity (Wildman–Crippen MR) is 70.2 cm³/mol. The van der Waals surface area contributed by atoms with Crippen molar-refractivity contribution in [1.82, 2.24) is 15.3 Å². The van der Waals surface area contributed by atoms with Crippen molar-refractivity contribution < 1.29 is 4.79 Å². The molecule has 0 spiro atoms. The summed E-state index contributed by atoms with van der Waals surface area (Å²) in [4.78, 5) is 19.5. The highest BCUT2D eigenvalue weighted by Crippen LogP contribution is 2.16. The van der Waals surface area contributed by atoms with Crippen molar-refractivity contribution in [3.05, 3.63) is 12.4 Å². The van der Waals surface area contributed by atoms with Gasteiger partial charge in [0.25, 0.3) is 0 Å². The van der Waals surface area contributed by atoms with Gasteiger partial charge in [-0.15, -0.1) is 0 Å². The van der Waals surface area contributed by atoms with Crippen molar-refractivity contribution in [3.8, 4) is 0 Å². The molecule has 0 saturated heterocycles. The monoisotopic (exact) mass is 254 g/mol. The SMILES string of the molecule is CCCNc1cc(SCC(=O)NCC)ncn1. The van der Waals surface area contributed by atoms with Gasteiger partial charge in [0, 0.05) is 19.2 Å². The largest absolute Gasteiger partial charge is 0.370 e. The van der Waals surface area contributed by atoms with Gasteiger partial charge in [-0.2, -0.15) is 0 Å². The molecule has 0 atom stereocenters. The van der Waals surface area contributed by atoms with Gasteiger partial charge in [0.1, 0.15) is 17.2 Å². The average molecular weight is 254 g/mol. The van der Waals surface area contributed by atoms with Crippen LogP contribution in [0.15, 0.2) is 17.4 Å². The number of rotatable bonds is 7. The van der Waals surface area contributed by atoms with Gasteiger partial charge in [0.2, 0.25) is 5.91 Å². The molecule has 2 N–H and O–H groups in total. The number of hydrogen-bond donors (Lipinski definition) is 2. The summed E-state index contributed by atoms with van der Waals surface area (Å²) in [5, 5.41) is 6.74. The van der Waals surface area contributed by atoms with Crippen molar-refractivity contribution in [2.75, 3.05) is 24.2 Å². The Morgan fingerprint density at radius 1 is 1.41 bits per heavy atom. The number of aromatic nitrogens is 2. The Hall–Kier alpha value is -1.30. The summed E-state index contributed by atoms with van der Waals surface area (Å²) in [5.41, 5.74) is 0. The summed E-state index contributed by atoms with van der Waals surface area (Å²) in [5.74, 6) is 1.22. The van der Waals surface area contributed by atoms with Crippen LogP contribution in [0.5, 0.6) is 0 Å². The summed E-state index contributed by atoms with van der Waals surface area (Å²) >= 11 is 1.41. The molecule has 0 aromatic carbocycles. The van der Waals surface area contributed by atoms with E-state index in [-0.39, 0.29) is 5.91 Å². The van der Waals surface area contributed by atoms with E-state index < -0.39 is 0 Å². The van der Waals surface area contributed by atoms with Gasteiger partial charge in [0.15, 0.2) is 0 Å². The maximum atomic E-state index is 11.3. The summed E-state index contributed by atoms with van der Waals surface area (Å²) < 4.78 is 0. The van der Waals surface area contributed by atoms with Crippen LogP contribution in [0.4, 0.5) is 5.82 Å². The first-order valence-electron chi connectivity index (χ1n) is 5.71. The Bertz CT molecular complexity index is 359. The Kier molecular flexibility index (Phi) is 6.39. The molecular weight excluding hydrogens is 236 g/mol. The molecule has 1 amide bonds. The summed E-state index contributed by atoms with van der Waals surface area (Å²) in [6, 6.07) is 1.86. The van der Waals surface area contributed by atoms with E-state index in [0.717, 1.165) is 23.8 Å². The Morgan fingerprint density at radius 2 is 2.24 bits per heavy atom.